The van der Waals surface area contributed by atoms with Crippen LogP contribution in [0, 0.1) is 5.41 Å². The van der Waals surface area contributed by atoms with Gasteiger partial charge >= 0.3 is 12.1 Å². The van der Waals surface area contributed by atoms with E-state index < -0.39 is 83.0 Å². The molecular formula is C46H58N8O9. The molecule has 6 bridgehead atoms. The highest BCUT2D eigenvalue weighted by molar-refractivity contribution is 5.97. The van der Waals surface area contributed by atoms with Gasteiger partial charge in [0.2, 0.25) is 23.6 Å². The maximum absolute atomic E-state index is 14.9. The molecule has 17 heteroatoms. The molecule has 3 aromatic carbocycles. The van der Waals surface area contributed by atoms with Crippen LogP contribution in [0.25, 0.3) is 10.8 Å². The molecule has 1 fully saturated rings. The van der Waals surface area contributed by atoms with Gasteiger partial charge in [-0.2, -0.15) is 0 Å². The molecule has 7 rings (SSSR count). The number of nitrogens with one attached hydrogen (secondary N) is 3. The minimum absolute atomic E-state index is 0.00378. The summed E-state index contributed by atoms with van der Waals surface area (Å²) in [5.74, 6) is -2.57. The molecule has 6 atom stereocenters. The molecule has 3 aliphatic rings. The zero-order chi connectivity index (χ0) is 45.8. The average molecular weight is 867 g/mol. The highest BCUT2D eigenvalue weighted by Crippen LogP contribution is 2.32. The van der Waals surface area contributed by atoms with Gasteiger partial charge in [-0.25, -0.2) is 14.3 Å². The lowest BCUT2D eigenvalue weighted by Crippen LogP contribution is -2.61. The SMILES string of the molecule is COC(=O)[C@@H]1Cc2ccc(cc2)OCc2cn(nn2)[C@H]2C[C@@H](C(=O)N[C@@H](Cc3ccc4ccccc4c3)C(=O)N1)N(C(=O)[C@@H](NC(=O)[C@@H](C)N(C)C(=O)OC(C)(C)C)C(C)(C)C)C2. The number of esters is 1. The van der Waals surface area contributed by atoms with Crippen molar-refractivity contribution in [2.45, 2.75) is 116 Å². The Balaban J connectivity index is 1.36. The Labute approximate surface area is 367 Å². The zero-order valence-corrected chi connectivity index (χ0v) is 37.3. The Morgan fingerprint density at radius 3 is 2.32 bits per heavy atom. The summed E-state index contributed by atoms with van der Waals surface area (Å²) < 4.78 is 18.1. The number of aromatic nitrogens is 3. The van der Waals surface area contributed by atoms with Crippen LogP contribution in [-0.4, -0.2) is 117 Å². The Bertz CT molecular complexity index is 2330. The third kappa shape index (κ3) is 11.3. The van der Waals surface area contributed by atoms with Gasteiger partial charge in [0.25, 0.3) is 0 Å². The van der Waals surface area contributed by atoms with E-state index in [1.807, 2.05) is 42.5 Å². The average Bonchev–Trinajstić information content (AvgIpc) is 3.90. The van der Waals surface area contributed by atoms with E-state index in [9.17, 15) is 28.8 Å². The van der Waals surface area contributed by atoms with E-state index in [-0.39, 0.29) is 32.4 Å². The van der Waals surface area contributed by atoms with Gasteiger partial charge in [0.1, 0.15) is 53.9 Å². The van der Waals surface area contributed by atoms with Crippen LogP contribution in [0.15, 0.2) is 72.9 Å². The first kappa shape index (κ1) is 46.0. The topological polar surface area (TPSA) is 203 Å². The summed E-state index contributed by atoms with van der Waals surface area (Å²) in [6.07, 6.45) is 1.20. The van der Waals surface area contributed by atoms with Gasteiger partial charge in [0.15, 0.2) is 0 Å². The van der Waals surface area contributed by atoms with Crippen LogP contribution in [-0.2, 0) is 52.9 Å². The molecule has 336 valence electrons. The van der Waals surface area contributed by atoms with Crippen molar-refractivity contribution in [2.75, 3.05) is 20.7 Å². The lowest BCUT2D eigenvalue weighted by atomic mass is 9.85. The standard InChI is InChI=1S/C46H58N8O9/c1-27(52(8)44(60)63-46(5,6)7)39(55)49-38(45(2,3)4)42(58)53-25-33-23-37(53)41(57)47-35(22-29-14-17-30-12-10-11-13-31(30)20-29)40(56)48-36(43(59)61-9)21-28-15-18-34(19-16-28)62-26-32-24-54(33)51-50-32/h10-20,24,27,33,35-38H,21-23,25-26H2,1-9H3,(H,47,57)(H,48,56)(H,49,55)/t27-,33+,35+,36+,37+,38-/m1/s1. The Morgan fingerprint density at radius 1 is 0.952 bits per heavy atom. The van der Waals surface area contributed by atoms with Gasteiger partial charge < -0.3 is 35.1 Å². The van der Waals surface area contributed by atoms with Crippen molar-refractivity contribution < 1.29 is 43.0 Å². The zero-order valence-electron chi connectivity index (χ0n) is 37.3. The summed E-state index contributed by atoms with van der Waals surface area (Å²) >= 11 is 0. The quantitative estimate of drug-likeness (QED) is 0.228. The molecular weight excluding hydrogens is 809 g/mol. The number of amides is 5. The van der Waals surface area contributed by atoms with E-state index in [1.54, 1.807) is 76.7 Å². The molecule has 0 saturated carbocycles. The number of carbonyl (C=O) groups is 6. The fourth-order valence-electron chi connectivity index (χ4n) is 7.60. The van der Waals surface area contributed by atoms with Crippen LogP contribution in [0.1, 0.15) is 77.7 Å². The molecule has 0 radical (unpaired) electrons. The maximum atomic E-state index is 14.9. The van der Waals surface area contributed by atoms with Crippen molar-refractivity contribution in [3.8, 4) is 5.75 Å². The number of hydrogen-bond acceptors (Lipinski definition) is 11. The predicted molar refractivity (Wildman–Crippen MR) is 232 cm³/mol. The van der Waals surface area contributed by atoms with Gasteiger partial charge in [0.05, 0.1) is 19.3 Å². The lowest BCUT2D eigenvalue weighted by molar-refractivity contribution is -0.146. The highest BCUT2D eigenvalue weighted by Gasteiger charge is 2.47. The second-order valence-corrected chi connectivity index (χ2v) is 18.3. The van der Waals surface area contributed by atoms with Crippen LogP contribution in [0.5, 0.6) is 5.75 Å². The van der Waals surface area contributed by atoms with Crippen molar-refractivity contribution in [1.82, 2.24) is 40.7 Å². The Morgan fingerprint density at radius 2 is 1.65 bits per heavy atom. The lowest BCUT2D eigenvalue weighted by Gasteiger charge is -2.37. The van der Waals surface area contributed by atoms with E-state index in [1.165, 1.54) is 26.0 Å². The van der Waals surface area contributed by atoms with E-state index in [0.717, 1.165) is 26.8 Å². The van der Waals surface area contributed by atoms with E-state index in [4.69, 9.17) is 14.2 Å². The molecule has 0 unspecified atom stereocenters. The smallest absolute Gasteiger partial charge is 0.410 e. The normalized spacial score (nSPS) is 20.5. The van der Waals surface area contributed by atoms with Gasteiger partial charge in [-0.05, 0) is 67.1 Å². The van der Waals surface area contributed by atoms with Gasteiger partial charge in [0, 0.05) is 32.9 Å². The van der Waals surface area contributed by atoms with E-state index in [2.05, 4.69) is 26.3 Å². The summed E-state index contributed by atoms with van der Waals surface area (Å²) in [5.41, 5.74) is 0.282. The Hall–Kier alpha value is -6.52. The summed E-state index contributed by atoms with van der Waals surface area (Å²) in [7, 11) is 2.67. The molecule has 63 heavy (non-hydrogen) atoms. The van der Waals surface area contributed by atoms with Gasteiger partial charge in [-0.3, -0.25) is 24.1 Å². The molecule has 3 N–H and O–H groups in total. The third-order valence-electron chi connectivity index (χ3n) is 11.3. The third-order valence-corrected chi connectivity index (χ3v) is 11.3. The van der Waals surface area contributed by atoms with Gasteiger partial charge in [-0.15, -0.1) is 5.10 Å². The highest BCUT2D eigenvalue weighted by atomic mass is 16.6. The van der Waals surface area contributed by atoms with E-state index in [0.29, 0.717) is 11.4 Å². The molecule has 1 saturated heterocycles. The fraction of sp³-hybridized carbons (Fsp3) is 0.478. The molecule has 4 aromatic rings. The van der Waals surface area contributed by atoms with Crippen LogP contribution >= 0.6 is 0 Å². The van der Waals surface area contributed by atoms with Crippen molar-refractivity contribution in [2.24, 2.45) is 5.41 Å². The van der Waals surface area contributed by atoms with Crippen molar-refractivity contribution in [1.29, 1.82) is 0 Å². The van der Waals surface area contributed by atoms with Crippen LogP contribution in [0.3, 0.4) is 0 Å². The van der Waals surface area contributed by atoms with Crippen molar-refractivity contribution in [3.05, 3.63) is 89.7 Å². The van der Waals surface area contributed by atoms with Crippen LogP contribution in [0.4, 0.5) is 4.79 Å². The van der Waals surface area contributed by atoms with Crippen LogP contribution in [0.2, 0.25) is 0 Å². The first-order chi connectivity index (χ1) is 29.7. The van der Waals surface area contributed by atoms with Crippen LogP contribution < -0.4 is 20.7 Å². The summed E-state index contributed by atoms with van der Waals surface area (Å²) in [6.45, 7) is 12.1. The fourth-order valence-corrected chi connectivity index (χ4v) is 7.60. The first-order valence-corrected chi connectivity index (χ1v) is 21.1. The molecule has 17 nitrogen and oxygen atoms in total. The monoisotopic (exact) mass is 866 g/mol. The van der Waals surface area contributed by atoms with Crippen molar-refractivity contribution >= 4 is 46.5 Å². The molecule has 5 amide bonds. The summed E-state index contributed by atoms with van der Waals surface area (Å²) in [4.78, 5) is 86.6. The number of hydrogen-bond donors (Lipinski definition) is 3. The number of nitrogens with zero attached hydrogens (tertiary/aromatic N) is 5. The Kier molecular flexibility index (Phi) is 13.8. The largest absolute Gasteiger partial charge is 0.487 e. The minimum atomic E-state index is -1.21. The number of likely N-dealkylation sites (tertiary alicyclic amines) is 1. The number of methoxy groups -OCH3 is 1. The second-order valence-electron chi connectivity index (χ2n) is 18.3. The molecule has 4 heterocycles. The van der Waals surface area contributed by atoms with Gasteiger partial charge in [-0.1, -0.05) is 80.6 Å². The summed E-state index contributed by atoms with van der Waals surface area (Å²) in [5, 5.41) is 19.2. The molecule has 1 aromatic heterocycles. The number of ether oxygens (including phenoxy) is 3. The first-order valence-electron chi connectivity index (χ1n) is 21.1. The predicted octanol–water partition coefficient (Wildman–Crippen LogP) is 3.88. The second kappa shape index (κ2) is 18.8. The minimum Gasteiger partial charge on any atom is -0.487 e. The molecule has 0 spiro atoms. The summed E-state index contributed by atoms with van der Waals surface area (Å²) in [6, 6.07) is 14.4. The molecule has 0 aliphatic carbocycles. The number of carbonyl (C=O) groups excluding carboxylic acids is 6. The van der Waals surface area contributed by atoms with Crippen molar-refractivity contribution in [3.63, 3.8) is 0 Å². The van der Waals surface area contributed by atoms with E-state index >= 15 is 0 Å². The maximum Gasteiger partial charge on any atom is 0.410 e. The molecule has 3 aliphatic heterocycles. The number of benzene rings is 3. The number of fused-ring (bicyclic) bond motifs is 10. The number of likely N-dealkylation sites (N-methyl/N-ethyl adjacent to an activating group) is 1. The number of rotatable bonds is 7.